The van der Waals surface area contributed by atoms with Crippen molar-refractivity contribution in [1.82, 2.24) is 20.9 Å². The van der Waals surface area contributed by atoms with E-state index < -0.39 is 6.03 Å². The molecule has 7 heteroatoms. The first-order chi connectivity index (χ1) is 11.2. The molecule has 0 spiro atoms. The monoisotopic (exact) mass is 352 g/mol. The van der Waals surface area contributed by atoms with E-state index in [0.29, 0.717) is 5.02 Å². The molecular formula is C17H25ClN4O2. The second-order valence-corrected chi connectivity index (χ2v) is 7.43. The molecular weight excluding hydrogens is 328 g/mol. The fourth-order valence-corrected chi connectivity index (χ4v) is 2.90. The van der Waals surface area contributed by atoms with Crippen LogP contribution >= 0.6 is 11.6 Å². The highest BCUT2D eigenvalue weighted by Crippen LogP contribution is 2.24. The normalized spacial score (nSPS) is 18.9. The van der Waals surface area contributed by atoms with Crippen molar-refractivity contribution in [3.63, 3.8) is 0 Å². The molecule has 1 heterocycles. The molecule has 1 aliphatic heterocycles. The molecule has 0 radical (unpaired) electrons. The summed E-state index contributed by atoms with van der Waals surface area (Å²) in [6.07, 6.45) is 0. The molecule has 0 saturated carbocycles. The highest BCUT2D eigenvalue weighted by Gasteiger charge is 2.26. The average Bonchev–Trinajstić information content (AvgIpc) is 2.45. The van der Waals surface area contributed by atoms with Crippen molar-refractivity contribution >= 4 is 23.5 Å². The maximum Gasteiger partial charge on any atom is 0.321 e. The number of hydrogen-bond acceptors (Lipinski definition) is 4. The summed E-state index contributed by atoms with van der Waals surface area (Å²) in [7, 11) is 0. The first-order valence-electron chi connectivity index (χ1n) is 8.07. The highest BCUT2D eigenvalue weighted by atomic mass is 35.5. The van der Waals surface area contributed by atoms with Gasteiger partial charge in [-0.1, -0.05) is 23.7 Å². The number of amides is 3. The van der Waals surface area contributed by atoms with Gasteiger partial charge in [-0.25, -0.2) is 4.79 Å². The minimum Gasteiger partial charge on any atom is -0.333 e. The van der Waals surface area contributed by atoms with Gasteiger partial charge in [-0.05, 0) is 38.5 Å². The molecule has 2 rings (SSSR count). The lowest BCUT2D eigenvalue weighted by molar-refractivity contribution is -0.122. The Balaban J connectivity index is 1.98. The number of imide groups is 1. The lowest BCUT2D eigenvalue weighted by atomic mass is 10.0. The Labute approximate surface area is 147 Å². The van der Waals surface area contributed by atoms with Crippen LogP contribution in [0.1, 0.15) is 32.4 Å². The molecule has 1 fully saturated rings. The number of nitrogens with one attached hydrogen (secondary N) is 3. The number of benzene rings is 1. The average molecular weight is 353 g/mol. The molecule has 1 unspecified atom stereocenters. The Hall–Kier alpha value is -1.63. The molecule has 1 atom stereocenters. The van der Waals surface area contributed by atoms with Gasteiger partial charge in [0.25, 0.3) is 0 Å². The maximum absolute atomic E-state index is 12.2. The number of urea groups is 1. The number of halogens is 1. The molecule has 132 valence electrons. The summed E-state index contributed by atoms with van der Waals surface area (Å²) in [4.78, 5) is 26.1. The van der Waals surface area contributed by atoms with Gasteiger partial charge in [0.15, 0.2) is 0 Å². The first-order valence-corrected chi connectivity index (χ1v) is 8.44. The van der Waals surface area contributed by atoms with E-state index in [1.165, 1.54) is 0 Å². The van der Waals surface area contributed by atoms with Gasteiger partial charge < -0.3 is 10.6 Å². The lowest BCUT2D eigenvalue weighted by Gasteiger charge is -2.36. The molecule has 6 nitrogen and oxygen atoms in total. The van der Waals surface area contributed by atoms with Crippen LogP contribution in [0, 0.1) is 0 Å². The van der Waals surface area contributed by atoms with Crippen molar-refractivity contribution in [3.05, 3.63) is 34.9 Å². The zero-order valence-electron chi connectivity index (χ0n) is 14.4. The van der Waals surface area contributed by atoms with Gasteiger partial charge in [0, 0.05) is 36.2 Å². The molecule has 1 aromatic rings. The zero-order valence-corrected chi connectivity index (χ0v) is 15.1. The van der Waals surface area contributed by atoms with Gasteiger partial charge >= 0.3 is 6.03 Å². The topological polar surface area (TPSA) is 73.5 Å². The van der Waals surface area contributed by atoms with E-state index >= 15 is 0 Å². The Morgan fingerprint density at radius 3 is 2.79 bits per heavy atom. The number of carbonyl (C=O) groups is 2. The second kappa shape index (κ2) is 7.96. The van der Waals surface area contributed by atoms with Crippen LogP contribution < -0.4 is 16.0 Å². The van der Waals surface area contributed by atoms with Crippen molar-refractivity contribution < 1.29 is 9.59 Å². The number of hydrogen-bond donors (Lipinski definition) is 3. The number of nitrogens with zero attached hydrogens (tertiary/aromatic N) is 1. The summed E-state index contributed by atoms with van der Waals surface area (Å²) in [5, 5.41) is 9.11. The predicted octanol–water partition coefficient (Wildman–Crippen LogP) is 1.91. The van der Waals surface area contributed by atoms with Crippen LogP contribution in [-0.2, 0) is 4.79 Å². The summed E-state index contributed by atoms with van der Waals surface area (Å²) in [6, 6.07) is 7.23. The largest absolute Gasteiger partial charge is 0.333 e. The molecule has 0 aliphatic carbocycles. The zero-order chi connectivity index (χ0) is 17.7. The van der Waals surface area contributed by atoms with E-state index in [2.05, 4.69) is 20.9 Å². The predicted molar refractivity (Wildman–Crippen MR) is 95.1 cm³/mol. The standard InChI is InChI=1S/C17H25ClN4O2/c1-17(2,3)21-16(24)20-15(23)11-22-8-7-19-10-14(22)12-5-4-6-13(18)9-12/h4-6,9,14,19H,7-8,10-11H2,1-3H3,(H2,20,21,23,24). The molecule has 0 bridgehead atoms. The third kappa shape index (κ3) is 5.78. The molecule has 1 aromatic carbocycles. The Bertz CT molecular complexity index is 600. The molecule has 1 aliphatic rings. The van der Waals surface area contributed by atoms with Gasteiger partial charge in [-0.2, -0.15) is 0 Å². The molecule has 24 heavy (non-hydrogen) atoms. The van der Waals surface area contributed by atoms with Crippen LogP contribution in [-0.4, -0.2) is 48.6 Å². The fraction of sp³-hybridized carbons (Fsp3) is 0.529. The number of carbonyl (C=O) groups excluding carboxylic acids is 2. The van der Waals surface area contributed by atoms with Gasteiger partial charge in [0.05, 0.1) is 6.54 Å². The Morgan fingerprint density at radius 2 is 2.12 bits per heavy atom. The van der Waals surface area contributed by atoms with Crippen LogP contribution in [0.4, 0.5) is 4.79 Å². The van der Waals surface area contributed by atoms with Gasteiger partial charge in [0.1, 0.15) is 0 Å². The quantitative estimate of drug-likeness (QED) is 0.777. The minimum absolute atomic E-state index is 0.0499. The van der Waals surface area contributed by atoms with Crippen LogP contribution in [0.5, 0.6) is 0 Å². The number of piperazine rings is 1. The molecule has 3 N–H and O–H groups in total. The van der Waals surface area contributed by atoms with Crippen molar-refractivity contribution in [1.29, 1.82) is 0 Å². The third-order valence-electron chi connectivity index (χ3n) is 3.68. The Morgan fingerprint density at radius 1 is 1.38 bits per heavy atom. The van der Waals surface area contributed by atoms with E-state index in [0.717, 1.165) is 25.2 Å². The van der Waals surface area contributed by atoms with Crippen molar-refractivity contribution in [2.45, 2.75) is 32.4 Å². The Kier molecular flexibility index (Phi) is 6.21. The van der Waals surface area contributed by atoms with Crippen LogP contribution in [0.3, 0.4) is 0 Å². The summed E-state index contributed by atoms with van der Waals surface area (Å²) in [5.74, 6) is -0.314. The summed E-state index contributed by atoms with van der Waals surface area (Å²) in [6.45, 7) is 8.02. The van der Waals surface area contributed by atoms with E-state index in [-0.39, 0.29) is 24.0 Å². The van der Waals surface area contributed by atoms with Crippen LogP contribution in [0.15, 0.2) is 24.3 Å². The summed E-state index contributed by atoms with van der Waals surface area (Å²) < 4.78 is 0. The second-order valence-electron chi connectivity index (χ2n) is 7.00. The van der Waals surface area contributed by atoms with E-state index in [4.69, 9.17) is 11.6 Å². The maximum atomic E-state index is 12.2. The minimum atomic E-state index is -0.470. The van der Waals surface area contributed by atoms with E-state index in [1.54, 1.807) is 0 Å². The molecule has 1 saturated heterocycles. The van der Waals surface area contributed by atoms with Gasteiger partial charge in [0.2, 0.25) is 5.91 Å². The van der Waals surface area contributed by atoms with Gasteiger partial charge in [-0.3, -0.25) is 15.0 Å². The number of rotatable bonds is 3. The molecule has 3 amide bonds. The van der Waals surface area contributed by atoms with E-state index in [9.17, 15) is 9.59 Å². The van der Waals surface area contributed by atoms with Crippen LogP contribution in [0.25, 0.3) is 0 Å². The lowest BCUT2D eigenvalue weighted by Crippen LogP contribution is -2.53. The third-order valence-corrected chi connectivity index (χ3v) is 3.91. The summed E-state index contributed by atoms with van der Waals surface area (Å²) >= 11 is 6.08. The van der Waals surface area contributed by atoms with Crippen molar-refractivity contribution in [3.8, 4) is 0 Å². The van der Waals surface area contributed by atoms with Crippen molar-refractivity contribution in [2.24, 2.45) is 0 Å². The first kappa shape index (κ1) is 18.7. The van der Waals surface area contributed by atoms with Crippen molar-refractivity contribution in [2.75, 3.05) is 26.2 Å². The summed E-state index contributed by atoms with van der Waals surface area (Å²) in [5.41, 5.74) is 0.671. The van der Waals surface area contributed by atoms with Crippen LogP contribution in [0.2, 0.25) is 5.02 Å². The molecule has 0 aromatic heterocycles. The highest BCUT2D eigenvalue weighted by molar-refractivity contribution is 6.30. The smallest absolute Gasteiger partial charge is 0.321 e. The fourth-order valence-electron chi connectivity index (χ4n) is 2.70. The van der Waals surface area contributed by atoms with Gasteiger partial charge in [-0.15, -0.1) is 0 Å². The SMILES string of the molecule is CC(C)(C)NC(=O)NC(=O)CN1CCNCC1c1cccc(Cl)c1. The van der Waals surface area contributed by atoms with E-state index in [1.807, 2.05) is 45.0 Å².